The zero-order valence-corrected chi connectivity index (χ0v) is 18.8. The molecule has 8 heteroatoms. The molecule has 0 heterocycles. The second-order valence-electron chi connectivity index (χ2n) is 8.00. The molecule has 0 aliphatic rings. The van der Waals surface area contributed by atoms with Crippen molar-refractivity contribution in [1.29, 1.82) is 5.41 Å². The summed E-state index contributed by atoms with van der Waals surface area (Å²) < 4.78 is 0. The molecule has 1 aromatic rings. The Morgan fingerprint density at radius 1 is 1.00 bits per heavy atom. The minimum absolute atomic E-state index is 0.111. The molecule has 7 N–H and O–H groups in total. The Morgan fingerprint density at radius 3 is 2.00 bits per heavy atom. The highest BCUT2D eigenvalue weighted by Gasteiger charge is 2.27. The van der Waals surface area contributed by atoms with Gasteiger partial charge in [0.15, 0.2) is 0 Å². The van der Waals surface area contributed by atoms with E-state index in [4.69, 9.17) is 11.1 Å². The highest BCUT2D eigenvalue weighted by Crippen LogP contribution is 2.24. The van der Waals surface area contributed by atoms with E-state index in [0.29, 0.717) is 6.54 Å². The van der Waals surface area contributed by atoms with Crippen molar-refractivity contribution in [1.82, 2.24) is 10.4 Å². The molecule has 0 aliphatic carbocycles. The van der Waals surface area contributed by atoms with Crippen LogP contribution in [0.1, 0.15) is 94.3 Å². The van der Waals surface area contributed by atoms with E-state index in [0.717, 1.165) is 30.3 Å². The molecule has 0 radical (unpaired) electrons. The van der Waals surface area contributed by atoms with E-state index in [2.05, 4.69) is 12.3 Å². The fraction of sp³-hybridized carbons (Fsp3) is 0.652. The first-order chi connectivity index (χ1) is 14.9. The lowest BCUT2D eigenvalue weighted by molar-refractivity contribution is 0.0141. The molecule has 0 saturated heterocycles. The molecule has 0 bridgehead atoms. The standard InChI is InChI=1S/C23H40N4O4/c1-2-3-4-5-6-7-8-9-10-11-12-13-16-26-27(23(31)21(24)25)22(30)19-15-14-18(28)17-20(19)29/h14-15,17,23,26,28-29,31H,2-13,16H2,1H3,(H3,24,25). The number of phenolic OH excluding ortho intramolecular Hbond substituents is 2. The van der Waals surface area contributed by atoms with E-state index in [9.17, 15) is 20.1 Å². The van der Waals surface area contributed by atoms with Crippen LogP contribution in [0.5, 0.6) is 11.5 Å². The average Bonchev–Trinajstić information content (AvgIpc) is 2.73. The van der Waals surface area contributed by atoms with Gasteiger partial charge < -0.3 is 21.1 Å². The molecule has 0 fully saturated rings. The van der Waals surface area contributed by atoms with Crippen LogP contribution in [-0.4, -0.2) is 44.8 Å². The maximum atomic E-state index is 12.7. The van der Waals surface area contributed by atoms with Gasteiger partial charge >= 0.3 is 0 Å². The number of phenols is 2. The first-order valence-corrected chi connectivity index (χ1v) is 11.5. The molecule has 0 aliphatic heterocycles. The minimum atomic E-state index is -1.65. The van der Waals surface area contributed by atoms with E-state index in [1.165, 1.54) is 69.9 Å². The molecule has 0 saturated carbocycles. The van der Waals surface area contributed by atoms with Gasteiger partial charge in [-0.3, -0.25) is 10.2 Å². The summed E-state index contributed by atoms with van der Waals surface area (Å²) in [5, 5.41) is 37.7. The summed E-state index contributed by atoms with van der Waals surface area (Å²) >= 11 is 0. The third-order valence-corrected chi connectivity index (χ3v) is 5.27. The summed E-state index contributed by atoms with van der Waals surface area (Å²) in [6.45, 7) is 2.66. The number of unbranched alkanes of at least 4 members (excludes halogenated alkanes) is 11. The zero-order valence-electron chi connectivity index (χ0n) is 18.8. The van der Waals surface area contributed by atoms with Gasteiger partial charge in [-0.25, -0.2) is 10.4 Å². The molecule has 0 aromatic heterocycles. The summed E-state index contributed by atoms with van der Waals surface area (Å²) in [5.41, 5.74) is 8.06. The first-order valence-electron chi connectivity index (χ1n) is 11.5. The van der Waals surface area contributed by atoms with Crippen molar-refractivity contribution in [3.05, 3.63) is 23.8 Å². The third kappa shape index (κ3) is 10.5. The van der Waals surface area contributed by atoms with Crippen molar-refractivity contribution in [2.75, 3.05) is 6.54 Å². The van der Waals surface area contributed by atoms with Gasteiger partial charge in [0.2, 0.25) is 6.23 Å². The molecule has 1 rings (SSSR count). The predicted octanol–water partition coefficient (Wildman–Crippen LogP) is 4.00. The summed E-state index contributed by atoms with van der Waals surface area (Å²) in [6, 6.07) is 3.55. The highest BCUT2D eigenvalue weighted by molar-refractivity contribution is 5.99. The van der Waals surface area contributed by atoms with Crippen LogP contribution < -0.4 is 11.2 Å². The van der Waals surface area contributed by atoms with E-state index < -0.39 is 23.7 Å². The van der Waals surface area contributed by atoms with Crippen molar-refractivity contribution in [2.45, 2.75) is 90.2 Å². The number of amidine groups is 1. The van der Waals surface area contributed by atoms with E-state index in [1.54, 1.807) is 0 Å². The number of benzene rings is 1. The Labute approximate surface area is 185 Å². The van der Waals surface area contributed by atoms with Crippen molar-refractivity contribution in [3.63, 3.8) is 0 Å². The van der Waals surface area contributed by atoms with Crippen molar-refractivity contribution < 1.29 is 20.1 Å². The van der Waals surface area contributed by atoms with E-state index in [1.807, 2.05) is 0 Å². The SMILES string of the molecule is CCCCCCCCCCCCCCNN(C(=O)c1ccc(O)cc1O)C(O)C(=N)N. The fourth-order valence-electron chi connectivity index (χ4n) is 3.40. The van der Waals surface area contributed by atoms with Crippen LogP contribution >= 0.6 is 0 Å². The number of hydrogen-bond donors (Lipinski definition) is 6. The van der Waals surface area contributed by atoms with Crippen molar-refractivity contribution in [2.24, 2.45) is 5.73 Å². The number of aliphatic hydroxyl groups excluding tert-OH is 1. The number of carbonyl (C=O) groups excluding carboxylic acids is 1. The summed E-state index contributed by atoms with van der Waals surface area (Å²) in [6.07, 6.45) is 13.0. The molecule has 31 heavy (non-hydrogen) atoms. The quantitative estimate of drug-likeness (QED) is 0.0716. The number of nitrogens with zero attached hydrogens (tertiary/aromatic N) is 1. The summed E-state index contributed by atoms with van der Waals surface area (Å²) in [7, 11) is 0. The lowest BCUT2D eigenvalue weighted by Gasteiger charge is -2.28. The van der Waals surface area contributed by atoms with Crippen LogP contribution in [0.15, 0.2) is 18.2 Å². The van der Waals surface area contributed by atoms with Gasteiger partial charge in [0.1, 0.15) is 17.3 Å². The molecule has 0 spiro atoms. The lowest BCUT2D eigenvalue weighted by Crippen LogP contribution is -2.54. The molecule has 8 nitrogen and oxygen atoms in total. The number of nitrogens with two attached hydrogens (primary N) is 1. The van der Waals surface area contributed by atoms with Crippen LogP contribution in [-0.2, 0) is 0 Å². The normalized spacial score (nSPS) is 11.9. The summed E-state index contributed by atoms with van der Waals surface area (Å²) in [5.74, 6) is -1.93. The number of nitrogens with one attached hydrogen (secondary N) is 2. The van der Waals surface area contributed by atoms with Crippen LogP contribution in [0.25, 0.3) is 0 Å². The van der Waals surface area contributed by atoms with Gasteiger partial charge in [-0.1, -0.05) is 77.6 Å². The van der Waals surface area contributed by atoms with Crippen molar-refractivity contribution >= 4 is 11.7 Å². The number of hydrazine groups is 1. The Morgan fingerprint density at radius 2 is 1.52 bits per heavy atom. The number of rotatable bonds is 17. The number of carbonyl (C=O) groups is 1. The fourth-order valence-corrected chi connectivity index (χ4v) is 3.40. The number of amides is 1. The number of hydrogen-bond acceptors (Lipinski definition) is 6. The van der Waals surface area contributed by atoms with Crippen LogP contribution in [0, 0.1) is 5.41 Å². The van der Waals surface area contributed by atoms with E-state index in [-0.39, 0.29) is 11.3 Å². The highest BCUT2D eigenvalue weighted by atomic mass is 16.3. The molecule has 1 atom stereocenters. The maximum absolute atomic E-state index is 12.7. The second kappa shape index (κ2) is 15.5. The monoisotopic (exact) mass is 436 g/mol. The van der Waals surface area contributed by atoms with Gasteiger partial charge in [0.25, 0.3) is 5.91 Å². The van der Waals surface area contributed by atoms with Gasteiger partial charge in [0, 0.05) is 12.6 Å². The van der Waals surface area contributed by atoms with Gasteiger partial charge in [-0.2, -0.15) is 0 Å². The maximum Gasteiger partial charge on any atom is 0.274 e. The van der Waals surface area contributed by atoms with Crippen LogP contribution in [0.4, 0.5) is 0 Å². The Bertz CT molecular complexity index is 669. The van der Waals surface area contributed by atoms with Gasteiger partial charge in [-0.05, 0) is 18.6 Å². The van der Waals surface area contributed by atoms with Crippen LogP contribution in [0.3, 0.4) is 0 Å². The zero-order chi connectivity index (χ0) is 23.1. The predicted molar refractivity (Wildman–Crippen MR) is 123 cm³/mol. The lowest BCUT2D eigenvalue weighted by atomic mass is 10.1. The molecular weight excluding hydrogens is 396 g/mol. The number of aromatic hydroxyl groups is 2. The number of aliphatic hydroxyl groups is 1. The topological polar surface area (TPSA) is 143 Å². The van der Waals surface area contributed by atoms with Crippen molar-refractivity contribution in [3.8, 4) is 11.5 Å². The Hall–Kier alpha value is -2.32. The van der Waals surface area contributed by atoms with Gasteiger partial charge in [-0.15, -0.1) is 0 Å². The summed E-state index contributed by atoms with van der Waals surface area (Å²) in [4.78, 5) is 12.7. The second-order valence-corrected chi connectivity index (χ2v) is 8.00. The first kappa shape index (κ1) is 26.7. The molecule has 1 unspecified atom stereocenters. The Kier molecular flexibility index (Phi) is 13.3. The Balaban J connectivity index is 2.32. The van der Waals surface area contributed by atoms with Gasteiger partial charge in [0.05, 0.1) is 5.56 Å². The largest absolute Gasteiger partial charge is 0.508 e. The molecular formula is C23H40N4O4. The smallest absolute Gasteiger partial charge is 0.274 e. The molecule has 1 amide bonds. The minimum Gasteiger partial charge on any atom is -0.508 e. The molecule has 176 valence electrons. The van der Waals surface area contributed by atoms with E-state index >= 15 is 0 Å². The van der Waals surface area contributed by atoms with Crippen LogP contribution in [0.2, 0.25) is 0 Å². The molecule has 1 aromatic carbocycles. The third-order valence-electron chi connectivity index (χ3n) is 5.27. The average molecular weight is 437 g/mol.